The molecule has 1 aliphatic rings. The highest BCUT2D eigenvalue weighted by Gasteiger charge is 2.27. The number of aryl methyl sites for hydroxylation is 1. The molecule has 8 heteroatoms. The lowest BCUT2D eigenvalue weighted by Gasteiger charge is -2.20. The van der Waals surface area contributed by atoms with E-state index in [0.717, 1.165) is 30.4 Å². The Hall–Kier alpha value is -2.61. The standard InChI is InChI=1S/C18H19N3O4S/c1-11-5-3-8-14(12(11)2)21-26(22,23)16-10-9-15(24-16)18-20-19-17(25-18)13-6-4-7-13/h3,5,8-10,13,21H,4,6-7H2,1-2H3. The Kier molecular flexibility index (Phi) is 4.07. The number of sulfonamides is 1. The van der Waals surface area contributed by atoms with Gasteiger partial charge in [0.25, 0.3) is 15.9 Å². The van der Waals surface area contributed by atoms with Gasteiger partial charge in [-0.2, -0.15) is 8.42 Å². The smallest absolute Gasteiger partial charge is 0.295 e. The van der Waals surface area contributed by atoms with Crippen LogP contribution in [0.4, 0.5) is 5.69 Å². The van der Waals surface area contributed by atoms with Crippen LogP contribution in [0, 0.1) is 13.8 Å². The van der Waals surface area contributed by atoms with Gasteiger partial charge in [0.05, 0.1) is 5.69 Å². The minimum absolute atomic E-state index is 0.195. The molecule has 0 atom stereocenters. The number of hydrogen-bond acceptors (Lipinski definition) is 6. The lowest BCUT2D eigenvalue weighted by molar-refractivity contribution is 0.334. The fourth-order valence-electron chi connectivity index (χ4n) is 2.79. The van der Waals surface area contributed by atoms with Gasteiger partial charge < -0.3 is 8.83 Å². The average molecular weight is 373 g/mol. The molecule has 7 nitrogen and oxygen atoms in total. The highest BCUT2D eigenvalue weighted by molar-refractivity contribution is 7.92. The van der Waals surface area contributed by atoms with Crippen molar-refractivity contribution in [3.05, 3.63) is 47.3 Å². The molecule has 0 saturated heterocycles. The van der Waals surface area contributed by atoms with Crippen molar-refractivity contribution in [3.8, 4) is 11.7 Å². The van der Waals surface area contributed by atoms with Crippen molar-refractivity contribution < 1.29 is 17.3 Å². The second-order valence-electron chi connectivity index (χ2n) is 6.54. The molecule has 1 saturated carbocycles. The van der Waals surface area contributed by atoms with E-state index in [4.69, 9.17) is 8.83 Å². The highest BCUT2D eigenvalue weighted by Crippen LogP contribution is 2.36. The normalized spacial score (nSPS) is 15.0. The van der Waals surface area contributed by atoms with Gasteiger partial charge in [-0.25, -0.2) is 0 Å². The topological polar surface area (TPSA) is 98.2 Å². The summed E-state index contributed by atoms with van der Waals surface area (Å²) in [5, 5.41) is 7.80. The number of hydrogen-bond donors (Lipinski definition) is 1. The molecule has 3 aromatic rings. The van der Waals surface area contributed by atoms with Crippen molar-refractivity contribution >= 4 is 15.7 Å². The molecular formula is C18H19N3O4S. The predicted molar refractivity (Wildman–Crippen MR) is 95.3 cm³/mol. The maximum absolute atomic E-state index is 12.6. The minimum Gasteiger partial charge on any atom is -0.438 e. The van der Waals surface area contributed by atoms with Crippen LogP contribution < -0.4 is 4.72 Å². The molecule has 0 amide bonds. The number of aromatic nitrogens is 2. The molecule has 0 unspecified atom stereocenters. The Labute approximate surface area is 151 Å². The number of rotatable bonds is 5. The van der Waals surface area contributed by atoms with Gasteiger partial charge in [-0.15, -0.1) is 10.2 Å². The summed E-state index contributed by atoms with van der Waals surface area (Å²) in [5.74, 6) is 1.32. The molecule has 136 valence electrons. The van der Waals surface area contributed by atoms with Gasteiger partial charge in [0.15, 0.2) is 5.76 Å². The van der Waals surface area contributed by atoms with E-state index in [-0.39, 0.29) is 16.7 Å². The monoisotopic (exact) mass is 373 g/mol. The zero-order valence-electron chi connectivity index (χ0n) is 14.5. The van der Waals surface area contributed by atoms with Crippen LogP contribution >= 0.6 is 0 Å². The SMILES string of the molecule is Cc1cccc(NS(=O)(=O)c2ccc(-c3nnc(C4CCC4)o3)o2)c1C. The lowest BCUT2D eigenvalue weighted by atomic mass is 9.85. The molecule has 0 spiro atoms. The largest absolute Gasteiger partial charge is 0.438 e. The van der Waals surface area contributed by atoms with E-state index in [2.05, 4.69) is 14.9 Å². The van der Waals surface area contributed by atoms with Crippen molar-refractivity contribution in [2.24, 2.45) is 0 Å². The zero-order chi connectivity index (χ0) is 18.3. The van der Waals surface area contributed by atoms with Gasteiger partial charge in [0.1, 0.15) is 0 Å². The molecular weight excluding hydrogens is 354 g/mol. The molecule has 1 aromatic carbocycles. The van der Waals surface area contributed by atoms with Crippen molar-refractivity contribution in [3.63, 3.8) is 0 Å². The quantitative estimate of drug-likeness (QED) is 0.725. The van der Waals surface area contributed by atoms with E-state index >= 15 is 0 Å². The molecule has 26 heavy (non-hydrogen) atoms. The molecule has 1 fully saturated rings. The second-order valence-corrected chi connectivity index (χ2v) is 8.16. The van der Waals surface area contributed by atoms with Crippen LogP contribution in [0.2, 0.25) is 0 Å². The first-order valence-corrected chi connectivity index (χ1v) is 9.95. The summed E-state index contributed by atoms with van der Waals surface area (Å²) in [6.07, 6.45) is 3.24. The van der Waals surface area contributed by atoms with E-state index in [9.17, 15) is 8.42 Å². The molecule has 2 aromatic heterocycles. The molecule has 0 aliphatic heterocycles. The average Bonchev–Trinajstić information content (AvgIpc) is 3.19. The zero-order valence-corrected chi connectivity index (χ0v) is 15.3. The highest BCUT2D eigenvalue weighted by atomic mass is 32.2. The number of furan rings is 1. The maximum atomic E-state index is 12.6. The van der Waals surface area contributed by atoms with E-state index < -0.39 is 10.0 Å². The molecule has 0 bridgehead atoms. The molecule has 4 rings (SSSR count). The van der Waals surface area contributed by atoms with E-state index in [0.29, 0.717) is 17.5 Å². The summed E-state index contributed by atoms with van der Waals surface area (Å²) < 4.78 is 38.9. The summed E-state index contributed by atoms with van der Waals surface area (Å²) in [6.45, 7) is 3.79. The van der Waals surface area contributed by atoms with Crippen LogP contribution in [0.5, 0.6) is 0 Å². The molecule has 2 heterocycles. The molecule has 1 aliphatic carbocycles. The van der Waals surface area contributed by atoms with E-state index in [1.165, 1.54) is 12.1 Å². The van der Waals surface area contributed by atoms with Crippen LogP contribution in [-0.4, -0.2) is 18.6 Å². The van der Waals surface area contributed by atoms with Crippen LogP contribution in [-0.2, 0) is 10.0 Å². The van der Waals surface area contributed by atoms with Gasteiger partial charge in [-0.3, -0.25) is 4.72 Å². The molecule has 0 radical (unpaired) electrons. The summed E-state index contributed by atoms with van der Waals surface area (Å²) in [6, 6.07) is 8.35. The van der Waals surface area contributed by atoms with Crippen LogP contribution in [0.25, 0.3) is 11.7 Å². The maximum Gasteiger partial charge on any atom is 0.295 e. The predicted octanol–water partition coefficient (Wildman–Crippen LogP) is 4.01. The van der Waals surface area contributed by atoms with Crippen molar-refractivity contribution in [1.29, 1.82) is 0 Å². The van der Waals surface area contributed by atoms with Gasteiger partial charge in [0.2, 0.25) is 11.0 Å². The number of nitrogens with one attached hydrogen (secondary N) is 1. The summed E-state index contributed by atoms with van der Waals surface area (Å²) in [4.78, 5) is 0. The van der Waals surface area contributed by atoms with Crippen molar-refractivity contribution in [2.75, 3.05) is 4.72 Å². The first kappa shape index (κ1) is 16.8. The Morgan fingerprint density at radius 1 is 1.08 bits per heavy atom. The van der Waals surface area contributed by atoms with E-state index in [1.807, 2.05) is 19.9 Å². The Morgan fingerprint density at radius 3 is 2.62 bits per heavy atom. The third-order valence-corrected chi connectivity index (χ3v) is 6.04. The number of benzene rings is 1. The fourth-order valence-corrected chi connectivity index (χ4v) is 3.85. The first-order chi connectivity index (χ1) is 12.4. The Balaban J connectivity index is 1.58. The third-order valence-electron chi connectivity index (χ3n) is 4.80. The summed E-state index contributed by atoms with van der Waals surface area (Å²) >= 11 is 0. The molecule has 1 N–H and O–H groups in total. The minimum atomic E-state index is -3.85. The van der Waals surface area contributed by atoms with Gasteiger partial charge in [0, 0.05) is 5.92 Å². The van der Waals surface area contributed by atoms with Gasteiger partial charge >= 0.3 is 0 Å². The number of anilines is 1. The summed E-state index contributed by atoms with van der Waals surface area (Å²) in [7, 11) is -3.85. The van der Waals surface area contributed by atoms with Crippen LogP contribution in [0.15, 0.2) is 44.3 Å². The van der Waals surface area contributed by atoms with Crippen LogP contribution in [0.1, 0.15) is 42.2 Å². The van der Waals surface area contributed by atoms with Gasteiger partial charge in [-0.1, -0.05) is 18.6 Å². The van der Waals surface area contributed by atoms with Crippen LogP contribution in [0.3, 0.4) is 0 Å². The Bertz CT molecular complexity index is 1050. The fraction of sp³-hybridized carbons (Fsp3) is 0.333. The number of nitrogens with zero attached hydrogens (tertiary/aromatic N) is 2. The summed E-state index contributed by atoms with van der Waals surface area (Å²) in [5.41, 5.74) is 2.39. The lowest BCUT2D eigenvalue weighted by Crippen LogP contribution is -2.13. The first-order valence-electron chi connectivity index (χ1n) is 8.47. The third kappa shape index (κ3) is 3.01. The van der Waals surface area contributed by atoms with Crippen molar-refractivity contribution in [2.45, 2.75) is 44.1 Å². The second kappa shape index (κ2) is 6.28. The van der Waals surface area contributed by atoms with Gasteiger partial charge in [-0.05, 0) is 56.0 Å². The Morgan fingerprint density at radius 2 is 1.88 bits per heavy atom. The van der Waals surface area contributed by atoms with E-state index in [1.54, 1.807) is 12.1 Å². The van der Waals surface area contributed by atoms with Crippen molar-refractivity contribution in [1.82, 2.24) is 10.2 Å².